The summed E-state index contributed by atoms with van der Waals surface area (Å²) >= 11 is 1.76. The second-order valence-corrected chi connectivity index (χ2v) is 5.94. The smallest absolute Gasteiger partial charge is 0.414 e. The molecule has 23 heavy (non-hydrogen) atoms. The molecule has 2 aromatic rings. The van der Waals surface area contributed by atoms with Gasteiger partial charge in [-0.1, -0.05) is 0 Å². The third-order valence-corrected chi connectivity index (χ3v) is 3.99. The Balaban J connectivity index is 2.27. The number of hydrogen-bond acceptors (Lipinski definition) is 5. The Morgan fingerprint density at radius 1 is 1.48 bits per heavy atom. The molecule has 0 aliphatic heterocycles. The van der Waals surface area contributed by atoms with Gasteiger partial charge in [-0.3, -0.25) is 9.88 Å². The lowest BCUT2D eigenvalue weighted by atomic mass is 10.3. The zero-order valence-electron chi connectivity index (χ0n) is 13.7. The van der Waals surface area contributed by atoms with E-state index in [4.69, 9.17) is 4.74 Å². The van der Waals surface area contributed by atoms with Gasteiger partial charge in [0.1, 0.15) is 0 Å². The van der Waals surface area contributed by atoms with Crippen LogP contribution in [0.4, 0.5) is 10.5 Å². The molecule has 124 valence electrons. The van der Waals surface area contributed by atoms with Crippen LogP contribution in [-0.2, 0) is 4.74 Å². The van der Waals surface area contributed by atoms with E-state index in [1.54, 1.807) is 33.7 Å². The average molecular weight is 334 g/mol. The van der Waals surface area contributed by atoms with E-state index in [0.717, 1.165) is 29.2 Å². The van der Waals surface area contributed by atoms with E-state index in [9.17, 15) is 4.79 Å². The molecule has 2 rings (SSSR count). The minimum Gasteiger partial charge on any atom is -0.449 e. The highest BCUT2D eigenvalue weighted by molar-refractivity contribution is 7.98. The lowest BCUT2D eigenvalue weighted by Crippen LogP contribution is -2.33. The van der Waals surface area contributed by atoms with Crippen molar-refractivity contribution in [3.63, 3.8) is 0 Å². The first-order valence-electron chi connectivity index (χ1n) is 7.57. The summed E-state index contributed by atoms with van der Waals surface area (Å²) in [5.74, 6) is 0.992. The van der Waals surface area contributed by atoms with Crippen molar-refractivity contribution in [2.24, 2.45) is 0 Å². The largest absolute Gasteiger partial charge is 0.449 e. The van der Waals surface area contributed by atoms with E-state index in [-0.39, 0.29) is 6.09 Å². The molecular weight excluding hydrogens is 312 g/mol. The van der Waals surface area contributed by atoms with E-state index in [0.29, 0.717) is 13.2 Å². The highest BCUT2D eigenvalue weighted by Crippen LogP contribution is 2.22. The van der Waals surface area contributed by atoms with Crippen LogP contribution in [0.5, 0.6) is 0 Å². The van der Waals surface area contributed by atoms with Crippen molar-refractivity contribution < 1.29 is 9.53 Å². The number of nitrogens with zero attached hydrogens (tertiary/aromatic N) is 4. The molecule has 1 amide bonds. The molecule has 0 saturated carbocycles. The van der Waals surface area contributed by atoms with Crippen molar-refractivity contribution in [1.82, 2.24) is 14.8 Å². The number of ether oxygens (including phenoxy) is 1. The highest BCUT2D eigenvalue weighted by Gasteiger charge is 2.21. The van der Waals surface area contributed by atoms with E-state index >= 15 is 0 Å². The van der Waals surface area contributed by atoms with Gasteiger partial charge in [0.05, 0.1) is 36.1 Å². The molecule has 0 saturated heterocycles. The average Bonchev–Trinajstić information content (AvgIpc) is 2.94. The van der Waals surface area contributed by atoms with Gasteiger partial charge in [0.2, 0.25) is 0 Å². The van der Waals surface area contributed by atoms with E-state index < -0.39 is 0 Å². The quantitative estimate of drug-likeness (QED) is 0.727. The maximum atomic E-state index is 12.3. The lowest BCUT2D eigenvalue weighted by Gasteiger charge is -2.20. The summed E-state index contributed by atoms with van der Waals surface area (Å²) in [5, 5.41) is 4.49. The minimum atomic E-state index is -0.331. The molecule has 0 atom stereocenters. The zero-order valence-corrected chi connectivity index (χ0v) is 14.5. The van der Waals surface area contributed by atoms with Gasteiger partial charge in [-0.25, -0.2) is 9.48 Å². The second kappa shape index (κ2) is 8.57. The van der Waals surface area contributed by atoms with E-state index in [2.05, 4.69) is 16.3 Å². The van der Waals surface area contributed by atoms with Crippen LogP contribution < -0.4 is 4.90 Å². The molecule has 0 radical (unpaired) electrons. The summed E-state index contributed by atoms with van der Waals surface area (Å²) in [6.45, 7) is 4.67. The predicted molar refractivity (Wildman–Crippen MR) is 93.5 cm³/mol. The number of amides is 1. The Labute approximate surface area is 140 Å². The van der Waals surface area contributed by atoms with Crippen LogP contribution in [0, 0.1) is 6.92 Å². The molecule has 2 aromatic heterocycles. The van der Waals surface area contributed by atoms with Crippen LogP contribution in [0.15, 0.2) is 30.7 Å². The SMILES string of the molecule is CCOC(=O)N(CCCSC)c1cn(-c2cccnc2)nc1C. The molecule has 0 unspecified atom stereocenters. The number of rotatable bonds is 7. The third kappa shape index (κ3) is 4.48. The van der Waals surface area contributed by atoms with Crippen molar-refractivity contribution in [2.75, 3.05) is 30.1 Å². The molecule has 0 aromatic carbocycles. The summed E-state index contributed by atoms with van der Waals surface area (Å²) in [6, 6.07) is 3.78. The first-order chi connectivity index (χ1) is 11.2. The second-order valence-electron chi connectivity index (χ2n) is 4.95. The number of hydrogen-bond donors (Lipinski definition) is 0. The maximum Gasteiger partial charge on any atom is 0.414 e. The Kier molecular flexibility index (Phi) is 6.46. The van der Waals surface area contributed by atoms with Crippen LogP contribution in [-0.4, -0.2) is 46.0 Å². The lowest BCUT2D eigenvalue weighted by molar-refractivity contribution is 0.159. The Bertz CT molecular complexity index is 630. The summed E-state index contributed by atoms with van der Waals surface area (Å²) in [7, 11) is 0. The van der Waals surface area contributed by atoms with E-state index in [1.807, 2.05) is 32.2 Å². The Morgan fingerprint density at radius 2 is 2.30 bits per heavy atom. The molecule has 7 heteroatoms. The van der Waals surface area contributed by atoms with E-state index in [1.165, 1.54) is 0 Å². The van der Waals surface area contributed by atoms with Crippen molar-refractivity contribution >= 4 is 23.5 Å². The number of pyridine rings is 1. The van der Waals surface area contributed by atoms with Crippen molar-refractivity contribution in [1.29, 1.82) is 0 Å². The van der Waals surface area contributed by atoms with Crippen LogP contribution in [0.25, 0.3) is 5.69 Å². The highest BCUT2D eigenvalue weighted by atomic mass is 32.2. The summed E-state index contributed by atoms with van der Waals surface area (Å²) in [6.07, 6.45) is 7.93. The van der Waals surface area contributed by atoms with Gasteiger partial charge in [0, 0.05) is 12.7 Å². The summed E-state index contributed by atoms with van der Waals surface area (Å²) < 4.78 is 6.92. The van der Waals surface area contributed by atoms with Gasteiger partial charge in [0.25, 0.3) is 0 Å². The first-order valence-corrected chi connectivity index (χ1v) is 8.96. The number of aryl methyl sites for hydroxylation is 1. The van der Waals surface area contributed by atoms with Gasteiger partial charge in [-0.05, 0) is 44.4 Å². The monoisotopic (exact) mass is 334 g/mol. The van der Waals surface area contributed by atoms with Gasteiger partial charge < -0.3 is 4.74 Å². The predicted octanol–water partition coefficient (Wildman–Crippen LogP) is 3.29. The normalized spacial score (nSPS) is 10.6. The maximum absolute atomic E-state index is 12.3. The number of anilines is 1. The van der Waals surface area contributed by atoms with Crippen LogP contribution in [0.1, 0.15) is 19.0 Å². The third-order valence-electron chi connectivity index (χ3n) is 3.29. The van der Waals surface area contributed by atoms with Crippen molar-refractivity contribution in [3.8, 4) is 5.69 Å². The molecule has 0 aliphatic rings. The number of carbonyl (C=O) groups is 1. The fourth-order valence-corrected chi connectivity index (χ4v) is 2.63. The molecule has 0 aliphatic carbocycles. The Morgan fingerprint density at radius 3 is 2.96 bits per heavy atom. The number of carbonyl (C=O) groups excluding carboxylic acids is 1. The van der Waals surface area contributed by atoms with Gasteiger partial charge in [0.15, 0.2) is 0 Å². The van der Waals surface area contributed by atoms with Crippen LogP contribution in [0.2, 0.25) is 0 Å². The number of aromatic nitrogens is 3. The summed E-state index contributed by atoms with van der Waals surface area (Å²) in [5.41, 5.74) is 2.41. The molecule has 6 nitrogen and oxygen atoms in total. The fourth-order valence-electron chi connectivity index (χ4n) is 2.22. The molecule has 2 heterocycles. The molecule has 0 bridgehead atoms. The summed E-state index contributed by atoms with van der Waals surface area (Å²) in [4.78, 5) is 18.0. The minimum absolute atomic E-state index is 0.331. The van der Waals surface area contributed by atoms with Crippen LogP contribution in [0.3, 0.4) is 0 Å². The molecule has 0 fully saturated rings. The standard InChI is InChI=1S/C16H22N4O2S/c1-4-22-16(21)19(9-6-10-23-3)15-12-20(18-13(15)2)14-7-5-8-17-11-14/h5,7-8,11-12H,4,6,9-10H2,1-3H3. The molecule has 0 N–H and O–H groups in total. The zero-order chi connectivity index (χ0) is 16.7. The Hall–Kier alpha value is -2.02. The van der Waals surface area contributed by atoms with Crippen molar-refractivity contribution in [2.45, 2.75) is 20.3 Å². The topological polar surface area (TPSA) is 60.2 Å². The van der Waals surface area contributed by atoms with Crippen molar-refractivity contribution in [3.05, 3.63) is 36.4 Å². The number of thioether (sulfide) groups is 1. The molecular formula is C16H22N4O2S. The van der Waals surface area contributed by atoms with Crippen LogP contribution >= 0.6 is 11.8 Å². The van der Waals surface area contributed by atoms with Gasteiger partial charge in [-0.15, -0.1) is 0 Å². The van der Waals surface area contributed by atoms with Gasteiger partial charge in [-0.2, -0.15) is 16.9 Å². The molecule has 0 spiro atoms. The van der Waals surface area contributed by atoms with Gasteiger partial charge >= 0.3 is 6.09 Å². The first kappa shape index (κ1) is 17.3. The fraction of sp³-hybridized carbons (Fsp3) is 0.438.